The van der Waals surface area contributed by atoms with Gasteiger partial charge in [-0.1, -0.05) is 30.3 Å². The highest BCUT2D eigenvalue weighted by atomic mass is 19.4. The monoisotopic (exact) mass is 147 g/mol. The Morgan fingerprint density at radius 1 is 1.20 bits per heavy atom. The number of hydrogen-bond acceptors (Lipinski definition) is 0. The maximum Gasteiger partial charge on any atom is 0.416 e. The Bertz CT molecular complexity index is 254. The zero-order valence-corrected chi connectivity index (χ0v) is 4.94. The summed E-state index contributed by atoms with van der Waals surface area (Å²) >= 11 is 0. The fourth-order valence-electron chi connectivity index (χ4n) is 0.570. The summed E-state index contributed by atoms with van der Waals surface area (Å²) in [4.78, 5) is 0. The Morgan fingerprint density at radius 2 is 1.90 bits per heavy atom. The molecule has 0 unspecified atom stereocenters. The van der Waals surface area contributed by atoms with Crippen molar-refractivity contribution >= 4 is 0 Å². The molecule has 0 atom stereocenters. The lowest BCUT2D eigenvalue weighted by molar-refractivity contribution is -0.137. The Labute approximate surface area is 57.7 Å². The molecule has 0 N–H and O–H groups in total. The first-order valence-electron chi connectivity index (χ1n) is 3.14. The first kappa shape index (κ1) is 5.77. The van der Waals surface area contributed by atoms with Crippen LogP contribution in [0.1, 0.15) is 6.93 Å². The van der Waals surface area contributed by atoms with Gasteiger partial charge in [0, 0.05) is 0 Å². The Kier molecular flexibility index (Phi) is 1.34. The van der Waals surface area contributed by atoms with Crippen LogP contribution >= 0.6 is 0 Å². The van der Waals surface area contributed by atoms with E-state index < -0.39 is 17.8 Å². The van der Waals surface area contributed by atoms with Gasteiger partial charge in [-0.25, -0.2) is 0 Å². The van der Waals surface area contributed by atoms with E-state index in [4.69, 9.17) is 1.37 Å². The lowest BCUT2D eigenvalue weighted by Crippen LogP contribution is -2.03. The van der Waals surface area contributed by atoms with Crippen molar-refractivity contribution in [3.05, 3.63) is 35.9 Å². The highest BCUT2D eigenvalue weighted by Crippen LogP contribution is 2.28. The van der Waals surface area contributed by atoms with Gasteiger partial charge in [0.15, 0.2) is 0 Å². The van der Waals surface area contributed by atoms with E-state index >= 15 is 0 Å². The van der Waals surface area contributed by atoms with Gasteiger partial charge in [0.25, 0.3) is 0 Å². The number of benzene rings is 1. The maximum absolute atomic E-state index is 11.9. The van der Waals surface area contributed by atoms with Crippen molar-refractivity contribution in [3.63, 3.8) is 0 Å². The molecule has 0 saturated heterocycles. The van der Waals surface area contributed by atoms with Crippen LogP contribution in [-0.2, 0) is 6.18 Å². The maximum atomic E-state index is 11.9. The molecule has 1 aromatic rings. The average Bonchev–Trinajstić information content (AvgIpc) is 1.86. The molecule has 0 nitrogen and oxygen atoms in total. The topological polar surface area (TPSA) is 0 Å². The van der Waals surface area contributed by atoms with Crippen LogP contribution in [0.4, 0.5) is 13.2 Å². The predicted octanol–water partition coefficient (Wildman–Crippen LogP) is 2.71. The SMILES string of the molecule is [2H]c1ccccc1C(F)(F)F. The van der Waals surface area contributed by atoms with Gasteiger partial charge in [-0.15, -0.1) is 0 Å². The van der Waals surface area contributed by atoms with Gasteiger partial charge in [0.05, 0.1) is 6.93 Å². The van der Waals surface area contributed by atoms with Crippen LogP contribution in [0.25, 0.3) is 0 Å². The molecule has 0 bridgehead atoms. The summed E-state index contributed by atoms with van der Waals surface area (Å²) in [5.74, 6) is 0. The van der Waals surface area contributed by atoms with Crippen molar-refractivity contribution in [2.75, 3.05) is 0 Å². The summed E-state index contributed by atoms with van der Waals surface area (Å²) in [6.45, 7) is 0. The molecular formula is C7H5F3. The van der Waals surface area contributed by atoms with Crippen LogP contribution in [0.3, 0.4) is 0 Å². The fraction of sp³-hybridized carbons (Fsp3) is 0.143. The lowest BCUT2D eigenvalue weighted by atomic mass is 10.2. The van der Waals surface area contributed by atoms with E-state index in [2.05, 4.69) is 0 Å². The number of alkyl halides is 3. The van der Waals surface area contributed by atoms with E-state index in [9.17, 15) is 13.2 Å². The summed E-state index contributed by atoms with van der Waals surface area (Å²) in [6.07, 6.45) is -4.40. The number of halogens is 3. The smallest absolute Gasteiger partial charge is 0.166 e. The fourth-order valence-corrected chi connectivity index (χ4v) is 0.570. The summed E-state index contributed by atoms with van der Waals surface area (Å²) in [5.41, 5.74) is -0.889. The first-order chi connectivity index (χ1) is 5.02. The second-order valence-corrected chi connectivity index (χ2v) is 1.77. The van der Waals surface area contributed by atoms with Gasteiger partial charge in [-0.05, 0) is 0 Å². The molecule has 0 fully saturated rings. The normalized spacial score (nSPS) is 12.9. The number of rotatable bonds is 0. The van der Waals surface area contributed by atoms with Gasteiger partial charge in [-0.2, -0.15) is 13.2 Å². The third kappa shape index (κ3) is 1.50. The molecule has 0 amide bonds. The van der Waals surface area contributed by atoms with Gasteiger partial charge in [-0.3, -0.25) is 0 Å². The molecule has 0 heterocycles. The molecule has 0 aliphatic carbocycles. The van der Waals surface area contributed by atoms with Crippen LogP contribution in [0, 0.1) is 0 Å². The Morgan fingerprint density at radius 3 is 2.30 bits per heavy atom. The van der Waals surface area contributed by atoms with E-state index in [1.165, 1.54) is 12.1 Å². The van der Waals surface area contributed by atoms with Crippen molar-refractivity contribution < 1.29 is 14.5 Å². The van der Waals surface area contributed by atoms with E-state index in [1.807, 2.05) is 0 Å². The van der Waals surface area contributed by atoms with Crippen LogP contribution in [0.5, 0.6) is 0 Å². The van der Waals surface area contributed by atoms with Crippen molar-refractivity contribution in [1.82, 2.24) is 0 Å². The molecule has 10 heavy (non-hydrogen) atoms. The molecule has 0 radical (unpaired) electrons. The van der Waals surface area contributed by atoms with Crippen molar-refractivity contribution in [3.8, 4) is 0 Å². The minimum absolute atomic E-state index is 0.486. The van der Waals surface area contributed by atoms with Crippen LogP contribution < -0.4 is 0 Å². The Balaban J connectivity index is 3.14. The van der Waals surface area contributed by atoms with E-state index in [1.54, 1.807) is 0 Å². The molecule has 54 valence electrons. The lowest BCUT2D eigenvalue weighted by Gasteiger charge is -2.03. The highest BCUT2D eigenvalue weighted by molar-refractivity contribution is 5.17. The molecule has 0 aliphatic heterocycles. The van der Waals surface area contributed by atoms with Gasteiger partial charge in [0.2, 0.25) is 0 Å². The highest BCUT2D eigenvalue weighted by Gasteiger charge is 2.29. The summed E-state index contributed by atoms with van der Waals surface area (Å²) in [7, 11) is 0. The van der Waals surface area contributed by atoms with E-state index in [0.29, 0.717) is 0 Å². The average molecular weight is 147 g/mol. The summed E-state index contributed by atoms with van der Waals surface area (Å²) < 4.78 is 42.7. The zero-order chi connectivity index (χ0) is 8.48. The molecule has 0 aromatic heterocycles. The molecule has 0 aliphatic rings. The van der Waals surface area contributed by atoms with Gasteiger partial charge < -0.3 is 0 Å². The third-order valence-electron chi connectivity index (χ3n) is 1.01. The molecule has 1 aromatic carbocycles. The van der Waals surface area contributed by atoms with Gasteiger partial charge >= 0.3 is 6.18 Å². The molecule has 3 heteroatoms. The second-order valence-electron chi connectivity index (χ2n) is 1.77. The van der Waals surface area contributed by atoms with E-state index in [0.717, 1.165) is 12.1 Å². The van der Waals surface area contributed by atoms with Crippen molar-refractivity contribution in [2.24, 2.45) is 0 Å². The minimum atomic E-state index is -4.40. The largest absolute Gasteiger partial charge is 0.416 e. The van der Waals surface area contributed by atoms with E-state index in [-0.39, 0.29) is 0 Å². The first-order valence-corrected chi connectivity index (χ1v) is 2.64. The van der Waals surface area contributed by atoms with Crippen LogP contribution in [0.2, 0.25) is 0 Å². The third-order valence-corrected chi connectivity index (χ3v) is 1.01. The van der Waals surface area contributed by atoms with Crippen molar-refractivity contribution in [2.45, 2.75) is 6.18 Å². The molecule has 1 rings (SSSR count). The van der Waals surface area contributed by atoms with Crippen molar-refractivity contribution in [1.29, 1.82) is 0 Å². The summed E-state index contributed by atoms with van der Waals surface area (Å²) in [5, 5.41) is 0. The quantitative estimate of drug-likeness (QED) is 0.529. The minimum Gasteiger partial charge on any atom is -0.166 e. The number of hydrogen-bond donors (Lipinski definition) is 0. The predicted molar refractivity (Wildman–Crippen MR) is 31.4 cm³/mol. The Hall–Kier alpha value is -0.990. The summed E-state index contributed by atoms with van der Waals surface area (Å²) in [6, 6.07) is 4.18. The standard InChI is InChI=1S/C7H5F3/c8-7(9,10)6-4-2-1-3-5-6/h1-5H/i4D. The molecular weight excluding hydrogens is 141 g/mol. The molecule has 0 saturated carbocycles. The van der Waals surface area contributed by atoms with Gasteiger partial charge in [0.1, 0.15) is 0 Å². The van der Waals surface area contributed by atoms with Crippen LogP contribution in [0.15, 0.2) is 30.3 Å². The zero-order valence-electron chi connectivity index (χ0n) is 5.94. The van der Waals surface area contributed by atoms with Crippen LogP contribution in [-0.4, -0.2) is 0 Å². The molecule has 0 spiro atoms. The second kappa shape index (κ2) is 2.33.